The highest BCUT2D eigenvalue weighted by Gasteiger charge is 2.23. The molecule has 0 bridgehead atoms. The molecule has 14 aromatic rings. The molecule has 0 saturated carbocycles. The van der Waals surface area contributed by atoms with E-state index in [9.17, 15) is 0 Å². The van der Waals surface area contributed by atoms with Crippen molar-refractivity contribution in [3.05, 3.63) is 218 Å². The summed E-state index contributed by atoms with van der Waals surface area (Å²) in [5.74, 6) is 1.68. The predicted molar refractivity (Wildman–Crippen MR) is 265 cm³/mol. The molecule has 0 saturated heterocycles. The van der Waals surface area contributed by atoms with E-state index in [4.69, 9.17) is 9.97 Å². The largest absolute Gasteiger partial charge is 0.309 e. The van der Waals surface area contributed by atoms with E-state index in [1.807, 2.05) is 0 Å². The van der Waals surface area contributed by atoms with Gasteiger partial charge in [0.25, 0.3) is 0 Å². The zero-order chi connectivity index (χ0) is 41.9. The molecule has 0 aliphatic rings. The predicted octanol–water partition coefficient (Wildman–Crippen LogP) is 14.5. The maximum Gasteiger partial charge on any atom is 0.138 e. The van der Waals surface area contributed by atoms with Crippen LogP contribution in [0.1, 0.15) is 0 Å². The lowest BCUT2D eigenvalue weighted by Crippen LogP contribution is -2.02. The van der Waals surface area contributed by atoms with Gasteiger partial charge in [0, 0.05) is 54.5 Å². The van der Waals surface area contributed by atoms with E-state index in [2.05, 4.69) is 237 Å². The normalized spacial score (nSPS) is 12.1. The van der Waals surface area contributed by atoms with Crippen molar-refractivity contribution in [3.63, 3.8) is 0 Å². The number of nitrogens with zero attached hydrogens (tertiary/aromatic N) is 6. The molecule has 14 rings (SSSR count). The molecular weight excluding hydrogens is 781 g/mol. The fourth-order valence-corrected chi connectivity index (χ4v) is 10.5. The van der Waals surface area contributed by atoms with E-state index < -0.39 is 0 Å². The van der Waals surface area contributed by atoms with Gasteiger partial charge in [-0.25, -0.2) is 9.97 Å². The summed E-state index contributed by atoms with van der Waals surface area (Å²) in [7, 11) is 0. The zero-order valence-corrected chi connectivity index (χ0v) is 34.5. The van der Waals surface area contributed by atoms with Gasteiger partial charge in [0.1, 0.15) is 11.6 Å². The monoisotopic (exact) mass is 816 g/mol. The van der Waals surface area contributed by atoms with Gasteiger partial charge in [0.05, 0.1) is 55.5 Å². The Bertz CT molecular complexity index is 4190. The first kappa shape index (κ1) is 34.9. The van der Waals surface area contributed by atoms with Gasteiger partial charge >= 0.3 is 0 Å². The summed E-state index contributed by atoms with van der Waals surface area (Å²) in [6.45, 7) is 0. The Hall–Kier alpha value is -8.74. The third-order valence-corrected chi connectivity index (χ3v) is 13.2. The molecule has 298 valence electrons. The van der Waals surface area contributed by atoms with Gasteiger partial charge in [-0.2, -0.15) is 0 Å². The SMILES string of the molecule is c1ccc(-n2c3ccccc3c3cc4c(cc32)c2ccccc2n4-c2cccc(-c3cccc(-n4c5ccccc5c5ccc6c7ccccc7n(-c7ccccc7)c6c54)n3)n2)cc1. The average Bonchev–Trinajstić information content (AvgIpc) is 4.09. The molecule has 0 N–H and O–H groups in total. The Labute approximate surface area is 366 Å². The smallest absolute Gasteiger partial charge is 0.138 e. The van der Waals surface area contributed by atoms with Crippen LogP contribution in [0.5, 0.6) is 0 Å². The molecule has 0 unspecified atom stereocenters. The molecule has 6 heterocycles. The summed E-state index contributed by atoms with van der Waals surface area (Å²) in [6.07, 6.45) is 0. The number of fused-ring (bicyclic) bond motifs is 13. The number of benzene rings is 8. The standard InChI is InChI=1S/C58H36N6/c1-3-17-37(18-4-1)61-49-27-11-9-23-41(49)45-36-54-46(35-53(45)61)42-24-10-13-29-51(42)63(54)55-31-15-25-47(59-55)48-26-16-32-56(60-48)64-52-30-14-8-22-40(52)44-34-33-43-39-21-7-12-28-50(39)62(57(43)58(44)64)38-19-5-2-6-20-38/h1-36H. The molecule has 0 aliphatic carbocycles. The first-order chi connectivity index (χ1) is 31.8. The van der Waals surface area contributed by atoms with Crippen molar-refractivity contribution >= 4 is 87.2 Å². The molecule has 0 fully saturated rings. The van der Waals surface area contributed by atoms with Gasteiger partial charge in [-0.1, -0.05) is 133 Å². The molecule has 6 heteroatoms. The van der Waals surface area contributed by atoms with Crippen LogP contribution in [0.15, 0.2) is 218 Å². The maximum atomic E-state index is 5.48. The Morgan fingerprint density at radius 3 is 1.14 bits per heavy atom. The molecule has 0 aliphatic heterocycles. The third kappa shape index (κ3) is 4.90. The second-order valence-corrected chi connectivity index (χ2v) is 16.6. The first-order valence-electron chi connectivity index (χ1n) is 21.8. The lowest BCUT2D eigenvalue weighted by Gasteiger charge is -2.13. The fraction of sp³-hybridized carbons (Fsp3) is 0. The Kier molecular flexibility index (Phi) is 7.30. The molecule has 6 aromatic heterocycles. The van der Waals surface area contributed by atoms with Crippen LogP contribution < -0.4 is 0 Å². The van der Waals surface area contributed by atoms with Crippen LogP contribution >= 0.6 is 0 Å². The minimum atomic E-state index is 0.801. The van der Waals surface area contributed by atoms with Crippen molar-refractivity contribution < 1.29 is 0 Å². The topological polar surface area (TPSA) is 45.5 Å². The fourth-order valence-electron chi connectivity index (χ4n) is 10.5. The minimum absolute atomic E-state index is 0.801. The maximum absolute atomic E-state index is 5.48. The van der Waals surface area contributed by atoms with Crippen molar-refractivity contribution in [1.29, 1.82) is 0 Å². The van der Waals surface area contributed by atoms with Crippen LogP contribution in [-0.4, -0.2) is 28.2 Å². The minimum Gasteiger partial charge on any atom is -0.309 e. The van der Waals surface area contributed by atoms with Gasteiger partial charge in [-0.15, -0.1) is 0 Å². The van der Waals surface area contributed by atoms with Crippen LogP contribution in [0, 0.1) is 0 Å². The number of rotatable bonds is 5. The van der Waals surface area contributed by atoms with Gasteiger partial charge in [0.15, 0.2) is 0 Å². The average molecular weight is 817 g/mol. The molecule has 0 radical (unpaired) electrons. The lowest BCUT2D eigenvalue weighted by molar-refractivity contribution is 1.05. The second kappa shape index (κ2) is 13.4. The van der Waals surface area contributed by atoms with Crippen molar-refractivity contribution in [2.45, 2.75) is 0 Å². The third-order valence-electron chi connectivity index (χ3n) is 13.2. The van der Waals surface area contributed by atoms with Gasteiger partial charge in [-0.3, -0.25) is 9.13 Å². The summed E-state index contributed by atoms with van der Waals surface area (Å²) in [5.41, 5.74) is 13.0. The molecular formula is C58H36N6. The summed E-state index contributed by atoms with van der Waals surface area (Å²) < 4.78 is 9.47. The highest BCUT2D eigenvalue weighted by molar-refractivity contribution is 6.24. The van der Waals surface area contributed by atoms with Gasteiger partial charge in [-0.05, 0) is 84.9 Å². The van der Waals surface area contributed by atoms with E-state index in [0.717, 1.165) is 62.0 Å². The summed E-state index contributed by atoms with van der Waals surface area (Å²) in [6, 6.07) is 78.0. The van der Waals surface area contributed by atoms with Crippen molar-refractivity contribution in [1.82, 2.24) is 28.2 Å². The van der Waals surface area contributed by atoms with Crippen molar-refractivity contribution in [3.8, 4) is 34.4 Å². The number of aromatic nitrogens is 6. The molecule has 0 amide bonds. The van der Waals surface area contributed by atoms with E-state index in [0.29, 0.717) is 0 Å². The van der Waals surface area contributed by atoms with Crippen LogP contribution in [0.2, 0.25) is 0 Å². The van der Waals surface area contributed by atoms with E-state index in [1.165, 1.54) is 59.6 Å². The van der Waals surface area contributed by atoms with Gasteiger partial charge in [0.2, 0.25) is 0 Å². The molecule has 64 heavy (non-hydrogen) atoms. The van der Waals surface area contributed by atoms with E-state index in [1.54, 1.807) is 0 Å². The second-order valence-electron chi connectivity index (χ2n) is 16.6. The number of hydrogen-bond acceptors (Lipinski definition) is 2. The molecule has 6 nitrogen and oxygen atoms in total. The lowest BCUT2D eigenvalue weighted by atomic mass is 10.1. The summed E-state index contributed by atoms with van der Waals surface area (Å²) >= 11 is 0. The number of para-hydroxylation sites is 6. The van der Waals surface area contributed by atoms with E-state index >= 15 is 0 Å². The number of pyridine rings is 2. The molecule has 0 spiro atoms. The Balaban J connectivity index is 0.986. The highest BCUT2D eigenvalue weighted by Crippen LogP contribution is 2.43. The van der Waals surface area contributed by atoms with Crippen molar-refractivity contribution in [2.75, 3.05) is 0 Å². The van der Waals surface area contributed by atoms with Crippen LogP contribution in [0.4, 0.5) is 0 Å². The Morgan fingerprint density at radius 2 is 0.609 bits per heavy atom. The first-order valence-corrected chi connectivity index (χ1v) is 21.8. The quantitative estimate of drug-likeness (QED) is 0.174. The van der Waals surface area contributed by atoms with Crippen molar-refractivity contribution in [2.24, 2.45) is 0 Å². The van der Waals surface area contributed by atoms with Gasteiger partial charge < -0.3 is 9.13 Å². The molecule has 8 aromatic carbocycles. The Morgan fingerprint density at radius 1 is 0.234 bits per heavy atom. The molecule has 0 atom stereocenters. The summed E-state index contributed by atoms with van der Waals surface area (Å²) in [4.78, 5) is 10.9. The van der Waals surface area contributed by atoms with E-state index in [-0.39, 0.29) is 0 Å². The van der Waals surface area contributed by atoms with Crippen LogP contribution in [-0.2, 0) is 0 Å². The van der Waals surface area contributed by atoms with Crippen LogP contribution in [0.3, 0.4) is 0 Å². The summed E-state index contributed by atoms with van der Waals surface area (Å²) in [5, 5.41) is 9.57. The highest BCUT2D eigenvalue weighted by atomic mass is 15.1. The number of hydrogen-bond donors (Lipinski definition) is 0. The zero-order valence-electron chi connectivity index (χ0n) is 34.5. The van der Waals surface area contributed by atoms with Crippen LogP contribution in [0.25, 0.3) is 122 Å².